The Morgan fingerprint density at radius 1 is 1.24 bits per heavy atom. The van der Waals surface area contributed by atoms with E-state index in [4.69, 9.17) is 4.74 Å². The maximum absolute atomic E-state index is 9.23. The lowest BCUT2D eigenvalue weighted by Crippen LogP contribution is -2.42. The van der Waals surface area contributed by atoms with Gasteiger partial charge < -0.3 is 9.64 Å². The Balaban J connectivity index is 1.94. The highest BCUT2D eigenvalue weighted by Crippen LogP contribution is 2.36. The van der Waals surface area contributed by atoms with E-state index < -0.39 is 0 Å². The number of ether oxygens (including phenoxy) is 1. The van der Waals surface area contributed by atoms with Crippen molar-refractivity contribution in [1.82, 2.24) is 4.90 Å². The molecule has 3 heteroatoms. The first-order valence-corrected chi connectivity index (χ1v) is 5.99. The zero-order valence-electron chi connectivity index (χ0n) is 9.54. The number of rotatable bonds is 1. The summed E-state index contributed by atoms with van der Waals surface area (Å²) < 4.78 is 5.67. The molecule has 1 aromatic rings. The summed E-state index contributed by atoms with van der Waals surface area (Å²) in [6.07, 6.45) is 4.86. The quantitative estimate of drug-likeness (QED) is 0.738. The Morgan fingerprint density at radius 3 is 2.82 bits per heavy atom. The van der Waals surface area contributed by atoms with Gasteiger partial charge in [-0.15, -0.1) is 0 Å². The zero-order valence-corrected chi connectivity index (χ0v) is 9.54. The van der Waals surface area contributed by atoms with Crippen LogP contribution in [0.3, 0.4) is 0 Å². The molecule has 2 heterocycles. The summed E-state index contributed by atoms with van der Waals surface area (Å²) in [6.45, 7) is 0. The van der Waals surface area contributed by atoms with Gasteiger partial charge in [-0.3, -0.25) is 0 Å². The molecule has 0 aliphatic carbocycles. The number of nitriles is 1. The highest BCUT2D eigenvalue weighted by molar-refractivity contribution is 5.65. The predicted molar refractivity (Wildman–Crippen MR) is 64.4 cm³/mol. The summed E-state index contributed by atoms with van der Waals surface area (Å²) in [5.74, 6) is 0. The number of hydrogen-bond acceptors (Lipinski definition) is 3. The summed E-state index contributed by atoms with van der Waals surface area (Å²) in [5.41, 5.74) is 2.17. The van der Waals surface area contributed by atoms with Crippen molar-refractivity contribution < 1.29 is 4.74 Å². The van der Waals surface area contributed by atoms with Crippen molar-refractivity contribution in [2.75, 3.05) is 0 Å². The van der Waals surface area contributed by atoms with E-state index in [-0.39, 0.29) is 12.3 Å². The first-order chi connectivity index (χ1) is 8.40. The lowest BCUT2D eigenvalue weighted by Gasteiger charge is -2.35. The fraction of sp³-hybridized carbons (Fsp3) is 0.357. The van der Waals surface area contributed by atoms with Crippen LogP contribution in [0.4, 0.5) is 0 Å². The molecule has 2 aliphatic heterocycles. The maximum Gasteiger partial charge on any atom is 0.172 e. The molecule has 3 rings (SSSR count). The molecular formula is C14H14N2O. The fourth-order valence-corrected chi connectivity index (χ4v) is 2.58. The second-order valence-corrected chi connectivity index (χ2v) is 4.44. The lowest BCUT2D eigenvalue weighted by atomic mass is 10.00. The molecule has 0 N–H and O–H groups in total. The second kappa shape index (κ2) is 4.14. The number of piperidine rings is 1. The molecule has 0 radical (unpaired) electrons. The Bertz CT molecular complexity index is 475. The fourth-order valence-electron chi connectivity index (χ4n) is 2.58. The van der Waals surface area contributed by atoms with Gasteiger partial charge in [0.1, 0.15) is 12.3 Å². The van der Waals surface area contributed by atoms with Gasteiger partial charge in [0.15, 0.2) is 6.23 Å². The minimum atomic E-state index is -0.0530. The van der Waals surface area contributed by atoms with Crippen molar-refractivity contribution in [3.05, 3.63) is 42.2 Å². The predicted octanol–water partition coefficient (Wildman–Crippen LogP) is 2.72. The van der Waals surface area contributed by atoms with Crippen LogP contribution in [-0.4, -0.2) is 17.2 Å². The monoisotopic (exact) mass is 226 g/mol. The molecule has 2 aliphatic rings. The molecule has 0 saturated carbocycles. The van der Waals surface area contributed by atoms with Gasteiger partial charge in [0.2, 0.25) is 0 Å². The summed E-state index contributed by atoms with van der Waals surface area (Å²) in [4.78, 5) is 2.12. The molecule has 0 amide bonds. The molecule has 1 aromatic carbocycles. The van der Waals surface area contributed by atoms with E-state index in [0.29, 0.717) is 0 Å². The molecule has 2 atom stereocenters. The lowest BCUT2D eigenvalue weighted by molar-refractivity contribution is 0.0160. The summed E-state index contributed by atoms with van der Waals surface area (Å²) >= 11 is 0. The van der Waals surface area contributed by atoms with Crippen LogP contribution in [0, 0.1) is 11.3 Å². The summed E-state index contributed by atoms with van der Waals surface area (Å²) in [6, 6.07) is 12.5. The topological polar surface area (TPSA) is 36.3 Å². The third-order valence-electron chi connectivity index (χ3n) is 3.41. The van der Waals surface area contributed by atoms with E-state index in [0.717, 1.165) is 30.5 Å². The van der Waals surface area contributed by atoms with Crippen LogP contribution in [-0.2, 0) is 4.74 Å². The smallest absolute Gasteiger partial charge is 0.172 e. The highest BCUT2D eigenvalue weighted by atomic mass is 16.5. The van der Waals surface area contributed by atoms with Crippen LogP contribution in [0.2, 0.25) is 0 Å². The van der Waals surface area contributed by atoms with Gasteiger partial charge in [0.05, 0.1) is 11.8 Å². The van der Waals surface area contributed by atoms with Gasteiger partial charge in [-0.1, -0.05) is 30.3 Å². The zero-order chi connectivity index (χ0) is 11.7. The highest BCUT2D eigenvalue weighted by Gasteiger charge is 2.37. The molecular weight excluding hydrogens is 212 g/mol. The first kappa shape index (κ1) is 10.2. The standard InChI is InChI=1S/C14H14N2O/c15-9-12-7-4-8-14-16(12)13(10-17-14)11-5-2-1-3-6-11/h1-3,5-6,10,12,14H,4,7-8H2. The van der Waals surface area contributed by atoms with E-state index in [1.54, 1.807) is 6.26 Å². The maximum atomic E-state index is 9.23. The van der Waals surface area contributed by atoms with Crippen LogP contribution in [0.1, 0.15) is 24.8 Å². The third-order valence-corrected chi connectivity index (χ3v) is 3.41. The molecule has 17 heavy (non-hydrogen) atoms. The Morgan fingerprint density at radius 2 is 2.06 bits per heavy atom. The number of benzene rings is 1. The van der Waals surface area contributed by atoms with Crippen molar-refractivity contribution in [2.45, 2.75) is 31.5 Å². The molecule has 0 aromatic heterocycles. The van der Waals surface area contributed by atoms with Crippen LogP contribution in [0.15, 0.2) is 36.6 Å². The van der Waals surface area contributed by atoms with Crippen LogP contribution in [0.5, 0.6) is 0 Å². The number of fused-ring (bicyclic) bond motifs is 1. The van der Waals surface area contributed by atoms with Crippen molar-refractivity contribution >= 4 is 5.70 Å². The average Bonchev–Trinajstić information content (AvgIpc) is 2.83. The van der Waals surface area contributed by atoms with Gasteiger partial charge in [0.25, 0.3) is 0 Å². The van der Waals surface area contributed by atoms with Gasteiger partial charge >= 0.3 is 0 Å². The van der Waals surface area contributed by atoms with Gasteiger partial charge in [0, 0.05) is 12.0 Å². The molecule has 86 valence electrons. The molecule has 3 nitrogen and oxygen atoms in total. The van der Waals surface area contributed by atoms with Gasteiger partial charge in [-0.25, -0.2) is 0 Å². The van der Waals surface area contributed by atoms with Crippen LogP contribution < -0.4 is 0 Å². The van der Waals surface area contributed by atoms with Crippen molar-refractivity contribution in [3.8, 4) is 6.07 Å². The summed E-state index contributed by atoms with van der Waals surface area (Å²) in [5, 5.41) is 9.23. The van der Waals surface area contributed by atoms with E-state index in [9.17, 15) is 5.26 Å². The largest absolute Gasteiger partial charge is 0.476 e. The van der Waals surface area contributed by atoms with Crippen LogP contribution >= 0.6 is 0 Å². The SMILES string of the molecule is N#CC1CCCC2OC=C(c3ccccc3)N12. The molecule has 1 fully saturated rings. The Hall–Kier alpha value is -1.95. The van der Waals surface area contributed by atoms with Crippen molar-refractivity contribution in [3.63, 3.8) is 0 Å². The summed E-state index contributed by atoms with van der Waals surface area (Å²) in [7, 11) is 0. The minimum Gasteiger partial charge on any atom is -0.476 e. The third kappa shape index (κ3) is 1.66. The number of hydrogen-bond donors (Lipinski definition) is 0. The average molecular weight is 226 g/mol. The minimum absolute atomic E-state index is 0.0530. The van der Waals surface area contributed by atoms with E-state index in [1.807, 2.05) is 18.2 Å². The van der Waals surface area contributed by atoms with Gasteiger partial charge in [-0.05, 0) is 12.8 Å². The molecule has 0 bridgehead atoms. The van der Waals surface area contributed by atoms with E-state index in [2.05, 4.69) is 23.1 Å². The molecule has 0 spiro atoms. The Kier molecular flexibility index (Phi) is 2.49. The molecule has 1 saturated heterocycles. The first-order valence-electron chi connectivity index (χ1n) is 5.99. The molecule has 2 unspecified atom stereocenters. The second-order valence-electron chi connectivity index (χ2n) is 4.44. The van der Waals surface area contributed by atoms with E-state index >= 15 is 0 Å². The van der Waals surface area contributed by atoms with Crippen LogP contribution in [0.25, 0.3) is 5.70 Å². The Labute approximate surface area is 101 Å². The van der Waals surface area contributed by atoms with Crippen molar-refractivity contribution in [1.29, 1.82) is 5.26 Å². The van der Waals surface area contributed by atoms with Crippen molar-refractivity contribution in [2.24, 2.45) is 0 Å². The number of nitrogens with zero attached hydrogens (tertiary/aromatic N) is 2. The van der Waals surface area contributed by atoms with Gasteiger partial charge in [-0.2, -0.15) is 5.26 Å². The normalized spacial score (nSPS) is 26.8. The van der Waals surface area contributed by atoms with E-state index in [1.165, 1.54) is 0 Å².